The zero-order chi connectivity index (χ0) is 23.2. The van der Waals surface area contributed by atoms with Crippen molar-refractivity contribution >= 4 is 37.9 Å². The molecule has 0 aliphatic heterocycles. The molecule has 0 saturated heterocycles. The molecule has 1 fully saturated rings. The summed E-state index contributed by atoms with van der Waals surface area (Å²) in [4.78, 5) is 25.3. The summed E-state index contributed by atoms with van der Waals surface area (Å²) in [6, 6.07) is 10.1. The van der Waals surface area contributed by atoms with E-state index in [0.717, 1.165) is 46.5 Å². The molecule has 0 unspecified atom stereocenters. The molecule has 3 aromatic heterocycles. The van der Waals surface area contributed by atoms with Crippen molar-refractivity contribution < 1.29 is 13.2 Å². The molecule has 172 valence electrons. The van der Waals surface area contributed by atoms with Crippen LogP contribution in [-0.4, -0.2) is 45.1 Å². The van der Waals surface area contributed by atoms with Crippen LogP contribution in [0.3, 0.4) is 0 Å². The van der Waals surface area contributed by atoms with Gasteiger partial charge in [0.25, 0.3) is 0 Å². The lowest BCUT2D eigenvalue weighted by molar-refractivity contribution is -0.121. The number of carbonyl (C=O) groups excluding carboxylic acids is 1. The smallest absolute Gasteiger partial charge is 0.157 e. The number of nitrogens with one attached hydrogen (secondary N) is 1. The number of benzene rings is 1. The maximum atomic E-state index is 12.5. The number of Topliss-reactive ketones (excluding diaryl/α,β-unsaturated/α-hetero) is 1. The number of imidazole rings is 1. The monoisotopic (exact) mass is 465 g/mol. The first-order valence-corrected chi connectivity index (χ1v) is 13.1. The first kappa shape index (κ1) is 21.6. The van der Waals surface area contributed by atoms with Crippen molar-refractivity contribution in [3.05, 3.63) is 48.5 Å². The summed E-state index contributed by atoms with van der Waals surface area (Å²) in [5.74, 6) is 0.768. The van der Waals surface area contributed by atoms with Crippen molar-refractivity contribution in [3.63, 3.8) is 0 Å². The second-order valence-electron chi connectivity index (χ2n) is 8.81. The van der Waals surface area contributed by atoms with Gasteiger partial charge in [0.15, 0.2) is 15.6 Å². The third kappa shape index (κ3) is 4.01. The number of rotatable bonds is 6. The Labute approximate surface area is 192 Å². The molecule has 33 heavy (non-hydrogen) atoms. The normalized spacial score (nSPS) is 19.3. The van der Waals surface area contributed by atoms with Gasteiger partial charge in [-0.05, 0) is 37.8 Å². The molecule has 0 radical (unpaired) electrons. The van der Waals surface area contributed by atoms with Crippen LogP contribution in [0.5, 0.6) is 0 Å². The zero-order valence-electron chi connectivity index (χ0n) is 18.5. The number of hydrogen-bond donors (Lipinski definition) is 2. The van der Waals surface area contributed by atoms with Crippen LogP contribution in [-0.2, 0) is 14.6 Å². The van der Waals surface area contributed by atoms with Crippen molar-refractivity contribution in [2.75, 3.05) is 17.2 Å². The molecule has 1 aliphatic carbocycles. The topological polar surface area (TPSA) is 123 Å². The first-order chi connectivity index (χ1) is 15.9. The van der Waals surface area contributed by atoms with Crippen LogP contribution in [0.1, 0.15) is 44.3 Å². The van der Waals surface area contributed by atoms with Gasteiger partial charge in [-0.25, -0.2) is 18.4 Å². The predicted molar refractivity (Wildman–Crippen MR) is 129 cm³/mol. The quantitative estimate of drug-likeness (QED) is 0.447. The molecule has 9 heteroatoms. The number of para-hydroxylation sites is 1. The number of aromatic amines is 1. The van der Waals surface area contributed by atoms with Crippen molar-refractivity contribution in [1.82, 2.24) is 19.4 Å². The van der Waals surface area contributed by atoms with E-state index in [-0.39, 0.29) is 29.1 Å². The molecule has 1 saturated carbocycles. The second kappa shape index (κ2) is 8.30. The van der Waals surface area contributed by atoms with E-state index in [4.69, 9.17) is 10.7 Å². The Morgan fingerprint density at radius 2 is 1.97 bits per heavy atom. The molecule has 8 nitrogen and oxygen atoms in total. The SMILES string of the molecule is CCS(=O)(=O)CC(=O)C1CCC(c2nc(-c3cc4ccccc4[nH]3)c3c(N)nccn23)CC1. The summed E-state index contributed by atoms with van der Waals surface area (Å²) in [6.07, 6.45) is 6.44. The highest BCUT2D eigenvalue weighted by Crippen LogP contribution is 2.39. The van der Waals surface area contributed by atoms with Gasteiger partial charge in [-0.15, -0.1) is 0 Å². The largest absolute Gasteiger partial charge is 0.382 e. The maximum Gasteiger partial charge on any atom is 0.157 e. The number of sulfone groups is 1. The van der Waals surface area contributed by atoms with Gasteiger partial charge in [-0.3, -0.25) is 9.20 Å². The van der Waals surface area contributed by atoms with Crippen LogP contribution in [0.25, 0.3) is 27.8 Å². The van der Waals surface area contributed by atoms with E-state index < -0.39 is 9.84 Å². The van der Waals surface area contributed by atoms with Crippen molar-refractivity contribution in [2.24, 2.45) is 5.92 Å². The lowest BCUT2D eigenvalue weighted by Crippen LogP contribution is -2.28. The standard InChI is InChI=1S/C24H27N5O3S/c1-2-33(31,32)14-20(30)15-7-9-16(10-8-15)24-28-21(22-23(25)26-11-12-29(22)24)19-13-17-5-3-4-6-18(17)27-19/h3-6,11-13,15-16,27H,2,7-10,14H2,1H3,(H2,25,26). The van der Waals surface area contributed by atoms with Crippen molar-refractivity contribution in [1.29, 1.82) is 0 Å². The molecule has 1 aromatic carbocycles. The van der Waals surface area contributed by atoms with Crippen molar-refractivity contribution in [3.8, 4) is 11.4 Å². The van der Waals surface area contributed by atoms with E-state index >= 15 is 0 Å². The van der Waals surface area contributed by atoms with Gasteiger partial charge in [-0.1, -0.05) is 25.1 Å². The van der Waals surface area contributed by atoms with E-state index in [0.29, 0.717) is 18.7 Å². The summed E-state index contributed by atoms with van der Waals surface area (Å²) in [7, 11) is -3.30. The number of H-pyrrole nitrogens is 1. The van der Waals surface area contributed by atoms with E-state index in [1.165, 1.54) is 0 Å². The minimum absolute atomic E-state index is 0.000138. The van der Waals surface area contributed by atoms with Crippen LogP contribution >= 0.6 is 0 Å². The number of nitrogens with two attached hydrogens (primary N) is 1. The van der Waals surface area contributed by atoms with E-state index in [9.17, 15) is 13.2 Å². The first-order valence-electron chi connectivity index (χ1n) is 11.3. The van der Waals surface area contributed by atoms with Crippen LogP contribution in [0.4, 0.5) is 5.82 Å². The van der Waals surface area contributed by atoms with Crippen LogP contribution in [0, 0.1) is 5.92 Å². The molecule has 3 heterocycles. The Hall–Kier alpha value is -3.20. The Morgan fingerprint density at radius 3 is 2.70 bits per heavy atom. The summed E-state index contributed by atoms with van der Waals surface area (Å²) in [5.41, 5.74) is 9.72. The molecule has 0 spiro atoms. The third-order valence-electron chi connectivity index (χ3n) is 6.75. The second-order valence-corrected chi connectivity index (χ2v) is 11.2. The minimum atomic E-state index is -3.30. The molecular weight excluding hydrogens is 438 g/mol. The average molecular weight is 466 g/mol. The zero-order valence-corrected chi connectivity index (χ0v) is 19.3. The van der Waals surface area contributed by atoms with Gasteiger partial charge in [0.1, 0.15) is 28.6 Å². The Bertz CT molecular complexity index is 1410. The fourth-order valence-electron chi connectivity index (χ4n) is 4.87. The van der Waals surface area contributed by atoms with Crippen LogP contribution < -0.4 is 5.73 Å². The number of carbonyl (C=O) groups is 1. The Morgan fingerprint density at radius 1 is 1.21 bits per heavy atom. The molecule has 0 atom stereocenters. The highest BCUT2D eigenvalue weighted by molar-refractivity contribution is 7.92. The summed E-state index contributed by atoms with van der Waals surface area (Å²) >= 11 is 0. The molecule has 1 aliphatic rings. The molecular formula is C24H27N5O3S. The lowest BCUT2D eigenvalue weighted by atomic mass is 9.80. The van der Waals surface area contributed by atoms with Gasteiger partial charge >= 0.3 is 0 Å². The molecule has 3 N–H and O–H groups in total. The van der Waals surface area contributed by atoms with E-state index in [1.807, 2.05) is 34.9 Å². The average Bonchev–Trinajstić information content (AvgIpc) is 3.41. The van der Waals surface area contributed by atoms with Gasteiger partial charge < -0.3 is 10.7 Å². The van der Waals surface area contributed by atoms with Crippen LogP contribution in [0.15, 0.2) is 42.7 Å². The minimum Gasteiger partial charge on any atom is -0.382 e. The summed E-state index contributed by atoms with van der Waals surface area (Å²) in [6.45, 7) is 1.58. The molecule has 5 rings (SSSR count). The van der Waals surface area contributed by atoms with E-state index in [1.54, 1.807) is 13.1 Å². The van der Waals surface area contributed by atoms with Gasteiger partial charge in [0, 0.05) is 40.9 Å². The number of hydrogen-bond acceptors (Lipinski definition) is 6. The lowest BCUT2D eigenvalue weighted by Gasteiger charge is -2.27. The predicted octanol–water partition coefficient (Wildman–Crippen LogP) is 3.74. The van der Waals surface area contributed by atoms with Crippen molar-refractivity contribution in [2.45, 2.75) is 38.5 Å². The van der Waals surface area contributed by atoms with E-state index in [2.05, 4.69) is 16.0 Å². The molecule has 4 aromatic rings. The maximum absolute atomic E-state index is 12.5. The Kier molecular flexibility index (Phi) is 5.44. The number of fused-ring (bicyclic) bond motifs is 2. The highest BCUT2D eigenvalue weighted by Gasteiger charge is 2.32. The number of aromatic nitrogens is 4. The fourth-order valence-corrected chi connectivity index (χ4v) is 5.75. The van der Waals surface area contributed by atoms with Gasteiger partial charge in [-0.2, -0.15) is 0 Å². The highest BCUT2D eigenvalue weighted by atomic mass is 32.2. The van der Waals surface area contributed by atoms with Gasteiger partial charge in [0.05, 0.1) is 5.69 Å². The third-order valence-corrected chi connectivity index (χ3v) is 8.35. The summed E-state index contributed by atoms with van der Waals surface area (Å²) < 4.78 is 25.7. The number of nitrogens with zero attached hydrogens (tertiary/aromatic N) is 3. The molecule has 0 bridgehead atoms. The Balaban J connectivity index is 1.45. The van der Waals surface area contributed by atoms with Crippen LogP contribution in [0.2, 0.25) is 0 Å². The number of anilines is 1. The number of ketones is 1. The summed E-state index contributed by atoms with van der Waals surface area (Å²) in [5, 5.41) is 1.10. The fraction of sp³-hybridized carbons (Fsp3) is 0.375. The number of nitrogen functional groups attached to an aromatic ring is 1. The van der Waals surface area contributed by atoms with Gasteiger partial charge in [0.2, 0.25) is 0 Å². The molecule has 0 amide bonds.